The van der Waals surface area contributed by atoms with E-state index >= 15 is 0 Å². The predicted octanol–water partition coefficient (Wildman–Crippen LogP) is 4.33. The maximum atomic E-state index is 13.2. The molecule has 3 aromatic rings. The van der Waals surface area contributed by atoms with Crippen molar-refractivity contribution in [2.24, 2.45) is 5.10 Å². The molecule has 4 rings (SSSR count). The molecule has 1 saturated heterocycles. The highest BCUT2D eigenvalue weighted by atomic mass is 19.1. The van der Waals surface area contributed by atoms with E-state index in [0.29, 0.717) is 17.6 Å². The Morgan fingerprint density at radius 1 is 0.800 bits per heavy atom. The number of hydrazone groups is 1. The number of nitrogens with zero attached hydrogens (tertiary/aromatic N) is 5. The Hall–Kier alpha value is -3.62. The van der Waals surface area contributed by atoms with Gasteiger partial charge < -0.3 is 10.2 Å². The molecule has 0 spiro atoms. The zero-order valence-electron chi connectivity index (χ0n) is 16.2. The Balaban J connectivity index is 1.55. The summed E-state index contributed by atoms with van der Waals surface area (Å²) in [5.41, 5.74) is 4.20. The quantitative estimate of drug-likeness (QED) is 0.466. The number of halogens is 2. The highest BCUT2D eigenvalue weighted by molar-refractivity contribution is 5.79. The van der Waals surface area contributed by atoms with Crippen LogP contribution in [0, 0.1) is 11.6 Å². The van der Waals surface area contributed by atoms with Crippen LogP contribution >= 0.6 is 0 Å². The Labute approximate surface area is 172 Å². The van der Waals surface area contributed by atoms with Crippen LogP contribution < -0.4 is 15.6 Å². The van der Waals surface area contributed by atoms with E-state index in [1.165, 1.54) is 30.7 Å². The first-order chi connectivity index (χ1) is 14.7. The van der Waals surface area contributed by atoms with Crippen LogP contribution in [0.25, 0.3) is 0 Å². The van der Waals surface area contributed by atoms with Crippen molar-refractivity contribution in [2.75, 3.05) is 28.7 Å². The number of nitrogens with one attached hydrogen (secondary N) is 2. The van der Waals surface area contributed by atoms with Gasteiger partial charge in [0, 0.05) is 18.8 Å². The maximum Gasteiger partial charge on any atom is 0.250 e. The molecule has 2 N–H and O–H groups in total. The van der Waals surface area contributed by atoms with Crippen molar-refractivity contribution in [3.63, 3.8) is 0 Å². The maximum absolute atomic E-state index is 13.2. The van der Waals surface area contributed by atoms with Crippen LogP contribution in [0.5, 0.6) is 0 Å². The predicted molar refractivity (Wildman–Crippen MR) is 113 cm³/mol. The van der Waals surface area contributed by atoms with Crippen molar-refractivity contribution in [1.29, 1.82) is 0 Å². The van der Waals surface area contributed by atoms with Crippen molar-refractivity contribution >= 4 is 29.7 Å². The Morgan fingerprint density at radius 3 is 2.13 bits per heavy atom. The van der Waals surface area contributed by atoms with E-state index in [1.807, 2.05) is 0 Å². The second kappa shape index (κ2) is 9.25. The number of hydrogen-bond acceptors (Lipinski definition) is 7. The van der Waals surface area contributed by atoms with Gasteiger partial charge in [0.1, 0.15) is 11.6 Å². The third-order valence-corrected chi connectivity index (χ3v) is 4.61. The lowest BCUT2D eigenvalue weighted by Gasteiger charge is -2.26. The molecule has 0 aliphatic carbocycles. The second-order valence-electron chi connectivity index (χ2n) is 6.88. The van der Waals surface area contributed by atoms with Gasteiger partial charge in [-0.2, -0.15) is 20.1 Å². The smallest absolute Gasteiger partial charge is 0.250 e. The molecule has 0 bridgehead atoms. The topological polar surface area (TPSA) is 78.3 Å². The summed E-state index contributed by atoms with van der Waals surface area (Å²) in [5.74, 6) is 0.530. The number of anilines is 4. The molecule has 1 aliphatic heterocycles. The zero-order chi connectivity index (χ0) is 20.8. The summed E-state index contributed by atoms with van der Waals surface area (Å²) in [7, 11) is 0. The summed E-state index contributed by atoms with van der Waals surface area (Å²) in [4.78, 5) is 15.5. The van der Waals surface area contributed by atoms with Gasteiger partial charge in [0.15, 0.2) is 0 Å². The summed E-state index contributed by atoms with van der Waals surface area (Å²) in [6.07, 6.45) is 4.90. The van der Waals surface area contributed by atoms with E-state index in [2.05, 4.69) is 35.7 Å². The largest absolute Gasteiger partial charge is 0.341 e. The number of piperidine rings is 1. The highest BCUT2D eigenvalue weighted by Crippen LogP contribution is 2.21. The van der Waals surface area contributed by atoms with Gasteiger partial charge >= 0.3 is 0 Å². The molecule has 0 radical (unpaired) electrons. The molecule has 0 atom stereocenters. The summed E-state index contributed by atoms with van der Waals surface area (Å²) in [6.45, 7) is 1.75. The molecule has 0 unspecified atom stereocenters. The van der Waals surface area contributed by atoms with Gasteiger partial charge in [0.05, 0.1) is 6.21 Å². The van der Waals surface area contributed by atoms with Crippen molar-refractivity contribution in [3.8, 4) is 0 Å². The Bertz CT molecular complexity index is 1000. The lowest BCUT2D eigenvalue weighted by Crippen LogP contribution is -2.31. The van der Waals surface area contributed by atoms with E-state index in [1.54, 1.807) is 30.5 Å². The summed E-state index contributed by atoms with van der Waals surface area (Å²) < 4.78 is 26.2. The van der Waals surface area contributed by atoms with Crippen molar-refractivity contribution in [3.05, 3.63) is 65.7 Å². The fraction of sp³-hybridized carbons (Fsp3) is 0.238. The molecule has 0 saturated carbocycles. The summed E-state index contributed by atoms with van der Waals surface area (Å²) in [5, 5.41) is 7.22. The summed E-state index contributed by atoms with van der Waals surface area (Å²) >= 11 is 0. The lowest BCUT2D eigenvalue weighted by molar-refractivity contribution is 0.568. The molecule has 1 aromatic heterocycles. The van der Waals surface area contributed by atoms with Crippen LogP contribution in [0.4, 0.5) is 32.3 Å². The second-order valence-corrected chi connectivity index (χ2v) is 6.88. The van der Waals surface area contributed by atoms with E-state index in [4.69, 9.17) is 0 Å². The van der Waals surface area contributed by atoms with Crippen molar-refractivity contribution in [1.82, 2.24) is 15.0 Å². The average Bonchev–Trinajstić information content (AvgIpc) is 2.77. The number of aromatic nitrogens is 3. The first-order valence-electron chi connectivity index (χ1n) is 9.74. The first-order valence-corrected chi connectivity index (χ1v) is 9.74. The van der Waals surface area contributed by atoms with E-state index in [-0.39, 0.29) is 17.6 Å². The minimum Gasteiger partial charge on any atom is -0.341 e. The minimum atomic E-state index is -0.317. The van der Waals surface area contributed by atoms with Crippen LogP contribution in [-0.4, -0.2) is 34.3 Å². The van der Waals surface area contributed by atoms with E-state index in [0.717, 1.165) is 31.5 Å². The molecule has 7 nitrogen and oxygen atoms in total. The minimum absolute atomic E-state index is 0.272. The van der Waals surface area contributed by atoms with Gasteiger partial charge in [-0.15, -0.1) is 0 Å². The molecule has 1 fully saturated rings. The van der Waals surface area contributed by atoms with Crippen molar-refractivity contribution < 1.29 is 8.78 Å². The van der Waals surface area contributed by atoms with E-state index in [9.17, 15) is 8.78 Å². The van der Waals surface area contributed by atoms with Crippen LogP contribution in [-0.2, 0) is 0 Å². The van der Waals surface area contributed by atoms with Gasteiger partial charge in [0.25, 0.3) is 0 Å². The average molecular weight is 409 g/mol. The van der Waals surface area contributed by atoms with Gasteiger partial charge in [-0.1, -0.05) is 12.1 Å². The molecule has 2 heterocycles. The van der Waals surface area contributed by atoms with Crippen LogP contribution in [0.1, 0.15) is 24.8 Å². The first kappa shape index (κ1) is 19.7. The third-order valence-electron chi connectivity index (χ3n) is 4.61. The van der Waals surface area contributed by atoms with Crippen LogP contribution in [0.3, 0.4) is 0 Å². The fourth-order valence-electron chi connectivity index (χ4n) is 3.08. The molecular weight excluding hydrogens is 388 g/mol. The van der Waals surface area contributed by atoms with Gasteiger partial charge in [0.2, 0.25) is 17.8 Å². The number of benzene rings is 2. The monoisotopic (exact) mass is 409 g/mol. The molecule has 2 aromatic carbocycles. The van der Waals surface area contributed by atoms with Crippen LogP contribution in [0.15, 0.2) is 53.6 Å². The Morgan fingerprint density at radius 2 is 1.43 bits per heavy atom. The van der Waals surface area contributed by atoms with Crippen LogP contribution in [0.2, 0.25) is 0 Å². The standard InChI is InChI=1S/C21H21F2N7/c22-16-6-4-15(5-7-16)14-24-29-20-26-19(25-18-10-8-17(23)9-11-18)27-21(28-20)30-12-2-1-3-13-30/h4-11,14H,1-3,12-13H2,(H2,25,26,27,28,29)/b24-14+. The van der Waals surface area contributed by atoms with Crippen molar-refractivity contribution in [2.45, 2.75) is 19.3 Å². The molecule has 154 valence electrons. The van der Waals surface area contributed by atoms with Gasteiger partial charge in [-0.25, -0.2) is 14.2 Å². The number of hydrogen-bond donors (Lipinski definition) is 2. The molecule has 0 amide bonds. The molecular formula is C21H21F2N7. The fourth-order valence-corrected chi connectivity index (χ4v) is 3.08. The van der Waals surface area contributed by atoms with Gasteiger partial charge in [-0.05, 0) is 61.2 Å². The SMILES string of the molecule is Fc1ccc(/C=N/Nc2nc(Nc3ccc(F)cc3)nc(N3CCCCC3)n2)cc1. The Kier molecular flexibility index (Phi) is 6.07. The molecule has 1 aliphatic rings. The molecule has 30 heavy (non-hydrogen) atoms. The van der Waals surface area contributed by atoms with Gasteiger partial charge in [-0.3, -0.25) is 0 Å². The summed E-state index contributed by atoms with van der Waals surface area (Å²) in [6, 6.07) is 11.9. The molecule has 9 heteroatoms. The third kappa shape index (κ3) is 5.25. The normalized spacial score (nSPS) is 14.1. The number of rotatable bonds is 6. The lowest BCUT2D eigenvalue weighted by atomic mass is 10.1. The zero-order valence-corrected chi connectivity index (χ0v) is 16.2. The highest BCUT2D eigenvalue weighted by Gasteiger charge is 2.16. The van der Waals surface area contributed by atoms with E-state index < -0.39 is 0 Å².